The van der Waals surface area contributed by atoms with Gasteiger partial charge < -0.3 is 14.8 Å². The molecular weight excluding hydrogens is 322 g/mol. The summed E-state index contributed by atoms with van der Waals surface area (Å²) in [6, 6.07) is 3.15. The van der Waals surface area contributed by atoms with Crippen molar-refractivity contribution in [1.82, 2.24) is 0 Å². The van der Waals surface area contributed by atoms with Gasteiger partial charge in [-0.3, -0.25) is 9.59 Å². The van der Waals surface area contributed by atoms with Gasteiger partial charge in [-0.05, 0) is 44.4 Å². The number of fused-ring (bicyclic) bond motifs is 1. The molecule has 0 radical (unpaired) electrons. The van der Waals surface area contributed by atoms with E-state index in [1.807, 2.05) is 0 Å². The number of carboxylic acid groups (broad SMARTS) is 1. The monoisotopic (exact) mass is 341 g/mol. The average Bonchev–Trinajstić information content (AvgIpc) is 2.88. The van der Waals surface area contributed by atoms with Gasteiger partial charge in [0.05, 0.1) is 11.1 Å². The van der Waals surface area contributed by atoms with Crippen LogP contribution in [0.25, 0.3) is 0 Å². The number of aromatic carboxylic acids is 1. The van der Waals surface area contributed by atoms with Crippen LogP contribution in [-0.2, 0) is 6.42 Å². The van der Waals surface area contributed by atoms with E-state index in [4.69, 9.17) is 4.42 Å². The Bertz CT molecular complexity index is 907. The van der Waals surface area contributed by atoms with Crippen LogP contribution in [-0.4, -0.2) is 22.8 Å². The molecule has 1 heterocycles. The first-order chi connectivity index (χ1) is 11.8. The van der Waals surface area contributed by atoms with Crippen LogP contribution in [0.2, 0.25) is 0 Å². The normalized spacial score (nSPS) is 13.5. The van der Waals surface area contributed by atoms with Crippen molar-refractivity contribution in [3.8, 4) is 0 Å². The molecule has 25 heavy (non-hydrogen) atoms. The molecule has 1 aromatic heterocycles. The van der Waals surface area contributed by atoms with Crippen molar-refractivity contribution in [2.24, 2.45) is 0 Å². The third kappa shape index (κ3) is 2.95. The number of benzene rings is 1. The molecule has 0 saturated heterocycles. The molecular formula is C19H19NO5. The number of hydrogen-bond acceptors (Lipinski definition) is 4. The first-order valence-corrected chi connectivity index (χ1v) is 8.11. The predicted molar refractivity (Wildman–Crippen MR) is 91.5 cm³/mol. The highest BCUT2D eigenvalue weighted by molar-refractivity contribution is 6.08. The number of Topliss-reactive ketones (excluding diaryl/α,β-unsaturated/α-hetero) is 1. The van der Waals surface area contributed by atoms with Crippen molar-refractivity contribution in [2.45, 2.75) is 40.0 Å². The third-order valence-corrected chi connectivity index (χ3v) is 4.56. The molecule has 1 aliphatic rings. The van der Waals surface area contributed by atoms with E-state index in [9.17, 15) is 19.5 Å². The molecule has 1 aliphatic carbocycles. The quantitative estimate of drug-likeness (QED) is 0.888. The molecule has 0 atom stereocenters. The number of ketones is 1. The molecule has 3 rings (SSSR count). The summed E-state index contributed by atoms with van der Waals surface area (Å²) < 4.78 is 5.63. The van der Waals surface area contributed by atoms with E-state index >= 15 is 0 Å². The Morgan fingerprint density at radius 2 is 1.84 bits per heavy atom. The molecule has 0 spiro atoms. The lowest BCUT2D eigenvalue weighted by Gasteiger charge is -2.11. The summed E-state index contributed by atoms with van der Waals surface area (Å²) in [6.07, 6.45) is 1.83. The number of hydrogen-bond donors (Lipinski definition) is 2. The van der Waals surface area contributed by atoms with Crippen LogP contribution in [0, 0.1) is 20.8 Å². The zero-order valence-corrected chi connectivity index (χ0v) is 14.4. The van der Waals surface area contributed by atoms with Gasteiger partial charge in [-0.1, -0.05) is 6.07 Å². The van der Waals surface area contributed by atoms with Gasteiger partial charge in [0, 0.05) is 24.1 Å². The molecule has 0 aliphatic heterocycles. The first kappa shape index (κ1) is 17.0. The Morgan fingerprint density at radius 3 is 2.48 bits per heavy atom. The van der Waals surface area contributed by atoms with Gasteiger partial charge in [-0.2, -0.15) is 0 Å². The number of aryl methyl sites for hydroxylation is 3. The van der Waals surface area contributed by atoms with Gasteiger partial charge in [-0.15, -0.1) is 0 Å². The second-order valence-corrected chi connectivity index (χ2v) is 6.37. The molecule has 0 saturated carbocycles. The van der Waals surface area contributed by atoms with Crippen LogP contribution < -0.4 is 5.32 Å². The summed E-state index contributed by atoms with van der Waals surface area (Å²) in [4.78, 5) is 36.0. The second-order valence-electron chi connectivity index (χ2n) is 6.37. The summed E-state index contributed by atoms with van der Waals surface area (Å²) in [5, 5.41) is 12.0. The Hall–Kier alpha value is -2.89. The smallest absolute Gasteiger partial charge is 0.336 e. The second kappa shape index (κ2) is 6.20. The fraction of sp³-hybridized carbons (Fsp3) is 0.316. The largest absolute Gasteiger partial charge is 0.478 e. The zero-order valence-electron chi connectivity index (χ0n) is 14.4. The number of anilines is 1. The van der Waals surface area contributed by atoms with E-state index in [1.165, 1.54) is 6.07 Å². The number of furan rings is 1. The van der Waals surface area contributed by atoms with Gasteiger partial charge in [0.1, 0.15) is 5.76 Å². The number of carbonyl (C=O) groups is 3. The van der Waals surface area contributed by atoms with Crippen LogP contribution in [0.1, 0.15) is 66.6 Å². The van der Waals surface area contributed by atoms with E-state index in [2.05, 4.69) is 5.32 Å². The van der Waals surface area contributed by atoms with Crippen molar-refractivity contribution < 1.29 is 23.9 Å². The lowest BCUT2D eigenvalue weighted by atomic mass is 9.94. The van der Waals surface area contributed by atoms with Crippen LogP contribution in [0.4, 0.5) is 5.69 Å². The van der Waals surface area contributed by atoms with Crippen LogP contribution in [0.3, 0.4) is 0 Å². The molecule has 1 aromatic carbocycles. The predicted octanol–water partition coefficient (Wildman–Crippen LogP) is 3.67. The number of carboxylic acids is 1. The molecule has 0 fully saturated rings. The highest BCUT2D eigenvalue weighted by Crippen LogP contribution is 2.30. The summed E-state index contributed by atoms with van der Waals surface area (Å²) in [6.45, 7) is 5.20. The number of nitrogens with one attached hydrogen (secondary N) is 1. The highest BCUT2D eigenvalue weighted by atomic mass is 16.4. The van der Waals surface area contributed by atoms with Gasteiger partial charge in [0.25, 0.3) is 5.91 Å². The molecule has 6 nitrogen and oxygen atoms in total. The highest BCUT2D eigenvalue weighted by Gasteiger charge is 2.29. The van der Waals surface area contributed by atoms with Crippen molar-refractivity contribution in [2.75, 3.05) is 5.32 Å². The van der Waals surface area contributed by atoms with E-state index in [1.54, 1.807) is 26.8 Å². The van der Waals surface area contributed by atoms with E-state index in [0.29, 0.717) is 41.0 Å². The molecule has 6 heteroatoms. The Balaban J connectivity index is 1.95. The van der Waals surface area contributed by atoms with Crippen LogP contribution in [0.5, 0.6) is 0 Å². The van der Waals surface area contributed by atoms with Crippen molar-refractivity contribution >= 4 is 23.3 Å². The maximum Gasteiger partial charge on any atom is 0.336 e. The Labute approximate surface area is 144 Å². The van der Waals surface area contributed by atoms with Crippen LogP contribution >= 0.6 is 0 Å². The number of amides is 1. The maximum absolute atomic E-state index is 12.6. The Kier molecular flexibility index (Phi) is 4.20. The zero-order chi connectivity index (χ0) is 18.3. The maximum atomic E-state index is 12.6. The standard InChI is InChI=1S/C19H19NO5/c1-9-7-10(2)13(8-12(9)19(23)24)20-18(22)17-11(3)16-14(21)5-4-6-15(16)25-17/h7-8H,4-6H2,1-3H3,(H,20,22)(H,23,24). The lowest BCUT2D eigenvalue weighted by molar-refractivity contribution is 0.0695. The van der Waals surface area contributed by atoms with Gasteiger partial charge in [-0.25, -0.2) is 4.79 Å². The third-order valence-electron chi connectivity index (χ3n) is 4.56. The molecule has 2 N–H and O–H groups in total. The van der Waals surface area contributed by atoms with Gasteiger partial charge in [0.2, 0.25) is 0 Å². The molecule has 0 unspecified atom stereocenters. The fourth-order valence-corrected chi connectivity index (χ4v) is 3.26. The summed E-state index contributed by atoms with van der Waals surface area (Å²) in [7, 11) is 0. The molecule has 1 amide bonds. The molecule has 2 aromatic rings. The minimum Gasteiger partial charge on any atom is -0.478 e. The lowest BCUT2D eigenvalue weighted by Crippen LogP contribution is -2.15. The first-order valence-electron chi connectivity index (χ1n) is 8.11. The average molecular weight is 341 g/mol. The number of rotatable bonds is 3. The van der Waals surface area contributed by atoms with E-state index < -0.39 is 11.9 Å². The summed E-state index contributed by atoms with van der Waals surface area (Å²) in [5.74, 6) is -0.865. The fourth-order valence-electron chi connectivity index (χ4n) is 3.26. The van der Waals surface area contributed by atoms with Gasteiger partial charge in [0.15, 0.2) is 11.5 Å². The van der Waals surface area contributed by atoms with E-state index in [-0.39, 0.29) is 17.1 Å². The minimum absolute atomic E-state index is 0.00114. The minimum atomic E-state index is -1.05. The number of carbonyl (C=O) groups excluding carboxylic acids is 2. The van der Waals surface area contributed by atoms with Gasteiger partial charge >= 0.3 is 5.97 Å². The topological polar surface area (TPSA) is 96.6 Å². The van der Waals surface area contributed by atoms with E-state index in [0.717, 1.165) is 12.0 Å². The summed E-state index contributed by atoms with van der Waals surface area (Å²) in [5.41, 5.74) is 2.97. The molecule has 0 bridgehead atoms. The molecule has 130 valence electrons. The Morgan fingerprint density at radius 1 is 1.12 bits per heavy atom. The summed E-state index contributed by atoms with van der Waals surface area (Å²) >= 11 is 0. The van der Waals surface area contributed by atoms with Crippen LogP contribution in [0.15, 0.2) is 16.5 Å². The van der Waals surface area contributed by atoms with Crippen molar-refractivity contribution in [1.29, 1.82) is 0 Å². The van der Waals surface area contributed by atoms with Crippen molar-refractivity contribution in [3.05, 3.63) is 51.5 Å². The SMILES string of the molecule is Cc1cc(C)c(C(=O)O)cc1NC(=O)c1oc2c(c1C)C(=O)CCC2. The van der Waals surface area contributed by atoms with Crippen molar-refractivity contribution in [3.63, 3.8) is 0 Å².